The Kier molecular flexibility index (Phi) is 4.01. The van der Waals surface area contributed by atoms with Gasteiger partial charge in [0.1, 0.15) is 0 Å². The van der Waals surface area contributed by atoms with E-state index in [1.807, 2.05) is 4.90 Å². The Labute approximate surface area is 103 Å². The molecule has 0 aromatic heterocycles. The SMILES string of the molecule is N#CCCN(C(=O)C1CCCCC1N)C1CC1. The van der Waals surface area contributed by atoms with Crippen LogP contribution in [0.2, 0.25) is 0 Å². The molecule has 0 heterocycles. The molecular formula is C13H21N3O. The summed E-state index contributed by atoms with van der Waals surface area (Å²) >= 11 is 0. The molecule has 0 saturated heterocycles. The topological polar surface area (TPSA) is 70.1 Å². The fraction of sp³-hybridized carbons (Fsp3) is 0.846. The van der Waals surface area contributed by atoms with Crippen LogP contribution in [0.5, 0.6) is 0 Å². The molecule has 0 spiro atoms. The Morgan fingerprint density at radius 3 is 2.59 bits per heavy atom. The predicted molar refractivity (Wildman–Crippen MR) is 64.9 cm³/mol. The number of hydrogen-bond donors (Lipinski definition) is 1. The maximum atomic E-state index is 12.4. The first kappa shape index (κ1) is 12.4. The van der Waals surface area contributed by atoms with Gasteiger partial charge in [-0.05, 0) is 25.7 Å². The second-order valence-electron chi connectivity index (χ2n) is 5.23. The molecule has 0 aromatic carbocycles. The molecule has 2 aliphatic rings. The molecule has 4 nitrogen and oxygen atoms in total. The molecular weight excluding hydrogens is 214 g/mol. The summed E-state index contributed by atoms with van der Waals surface area (Å²) < 4.78 is 0. The average molecular weight is 235 g/mol. The van der Waals surface area contributed by atoms with Crippen molar-refractivity contribution in [2.75, 3.05) is 6.54 Å². The van der Waals surface area contributed by atoms with Crippen molar-refractivity contribution in [1.29, 1.82) is 5.26 Å². The second-order valence-corrected chi connectivity index (χ2v) is 5.23. The lowest BCUT2D eigenvalue weighted by molar-refractivity contribution is -0.137. The highest BCUT2D eigenvalue weighted by Crippen LogP contribution is 2.31. The van der Waals surface area contributed by atoms with Gasteiger partial charge < -0.3 is 10.6 Å². The van der Waals surface area contributed by atoms with Gasteiger partial charge in [-0.2, -0.15) is 5.26 Å². The van der Waals surface area contributed by atoms with Gasteiger partial charge in [-0.25, -0.2) is 0 Å². The summed E-state index contributed by atoms with van der Waals surface area (Å²) in [5, 5.41) is 8.65. The largest absolute Gasteiger partial charge is 0.338 e. The lowest BCUT2D eigenvalue weighted by Crippen LogP contribution is -2.46. The molecule has 0 radical (unpaired) electrons. The zero-order chi connectivity index (χ0) is 12.3. The first-order valence-corrected chi connectivity index (χ1v) is 6.67. The molecule has 2 atom stereocenters. The summed E-state index contributed by atoms with van der Waals surface area (Å²) in [6.45, 7) is 0.587. The van der Waals surface area contributed by atoms with Gasteiger partial charge in [-0.3, -0.25) is 4.79 Å². The van der Waals surface area contributed by atoms with E-state index in [0.717, 1.165) is 38.5 Å². The minimum absolute atomic E-state index is 0.00282. The summed E-state index contributed by atoms with van der Waals surface area (Å²) in [5.41, 5.74) is 6.05. The third-order valence-corrected chi connectivity index (χ3v) is 3.87. The Morgan fingerprint density at radius 2 is 2.00 bits per heavy atom. The van der Waals surface area contributed by atoms with Gasteiger partial charge in [0.05, 0.1) is 18.4 Å². The van der Waals surface area contributed by atoms with E-state index < -0.39 is 0 Å². The smallest absolute Gasteiger partial charge is 0.227 e. The van der Waals surface area contributed by atoms with E-state index in [9.17, 15) is 4.79 Å². The van der Waals surface area contributed by atoms with Gasteiger partial charge in [0, 0.05) is 18.6 Å². The van der Waals surface area contributed by atoms with Crippen molar-refractivity contribution >= 4 is 5.91 Å². The zero-order valence-electron chi connectivity index (χ0n) is 10.3. The van der Waals surface area contributed by atoms with Crippen LogP contribution in [0.3, 0.4) is 0 Å². The van der Waals surface area contributed by atoms with Crippen molar-refractivity contribution in [1.82, 2.24) is 4.90 Å². The van der Waals surface area contributed by atoms with E-state index >= 15 is 0 Å². The average Bonchev–Trinajstić information content (AvgIpc) is 3.14. The van der Waals surface area contributed by atoms with Gasteiger partial charge in [-0.15, -0.1) is 0 Å². The number of nitrogens with two attached hydrogens (primary N) is 1. The Hall–Kier alpha value is -1.08. The highest BCUT2D eigenvalue weighted by atomic mass is 16.2. The number of carbonyl (C=O) groups is 1. The second kappa shape index (κ2) is 5.50. The van der Waals surface area contributed by atoms with Crippen LogP contribution in [-0.2, 0) is 4.79 Å². The quantitative estimate of drug-likeness (QED) is 0.801. The molecule has 4 heteroatoms. The van der Waals surface area contributed by atoms with Crippen LogP contribution in [0, 0.1) is 17.2 Å². The summed E-state index contributed by atoms with van der Waals surface area (Å²) in [4.78, 5) is 14.3. The molecule has 2 fully saturated rings. The summed E-state index contributed by atoms with van der Waals surface area (Å²) in [5.74, 6) is 0.206. The lowest BCUT2D eigenvalue weighted by atomic mass is 9.84. The lowest BCUT2D eigenvalue weighted by Gasteiger charge is -2.32. The van der Waals surface area contributed by atoms with Crippen LogP contribution in [0.25, 0.3) is 0 Å². The van der Waals surface area contributed by atoms with Crippen LogP contribution in [0.15, 0.2) is 0 Å². The van der Waals surface area contributed by atoms with Crippen molar-refractivity contribution in [2.24, 2.45) is 11.7 Å². The highest BCUT2D eigenvalue weighted by molar-refractivity contribution is 5.80. The van der Waals surface area contributed by atoms with Crippen molar-refractivity contribution in [3.8, 4) is 6.07 Å². The van der Waals surface area contributed by atoms with Crippen LogP contribution in [0.4, 0.5) is 0 Å². The van der Waals surface area contributed by atoms with Crippen LogP contribution >= 0.6 is 0 Å². The van der Waals surface area contributed by atoms with E-state index in [4.69, 9.17) is 11.0 Å². The van der Waals surface area contributed by atoms with Crippen LogP contribution in [-0.4, -0.2) is 29.4 Å². The normalized spacial score (nSPS) is 28.5. The maximum absolute atomic E-state index is 12.4. The number of carbonyl (C=O) groups excluding carboxylic acids is 1. The number of hydrogen-bond acceptors (Lipinski definition) is 3. The van der Waals surface area contributed by atoms with E-state index in [1.165, 1.54) is 0 Å². The van der Waals surface area contributed by atoms with Gasteiger partial charge >= 0.3 is 0 Å². The molecule has 2 unspecified atom stereocenters. The third-order valence-electron chi connectivity index (χ3n) is 3.87. The number of nitrogens with zero attached hydrogens (tertiary/aromatic N) is 2. The number of rotatable bonds is 4. The molecule has 17 heavy (non-hydrogen) atoms. The maximum Gasteiger partial charge on any atom is 0.227 e. The van der Waals surface area contributed by atoms with Crippen molar-refractivity contribution in [2.45, 2.75) is 57.0 Å². The summed E-state index contributed by atoms with van der Waals surface area (Å²) in [7, 11) is 0. The summed E-state index contributed by atoms with van der Waals surface area (Å²) in [6, 6.07) is 2.55. The fourth-order valence-electron chi connectivity index (χ4n) is 2.71. The minimum atomic E-state index is 0.00282. The van der Waals surface area contributed by atoms with E-state index in [2.05, 4.69) is 6.07 Å². The van der Waals surface area contributed by atoms with Crippen molar-refractivity contribution < 1.29 is 4.79 Å². The van der Waals surface area contributed by atoms with Crippen LogP contribution in [0.1, 0.15) is 44.9 Å². The van der Waals surface area contributed by atoms with Crippen LogP contribution < -0.4 is 5.73 Å². The van der Waals surface area contributed by atoms with Crippen molar-refractivity contribution in [3.05, 3.63) is 0 Å². The summed E-state index contributed by atoms with van der Waals surface area (Å²) in [6.07, 6.45) is 6.78. The minimum Gasteiger partial charge on any atom is -0.338 e. The van der Waals surface area contributed by atoms with E-state index in [-0.39, 0.29) is 17.9 Å². The van der Waals surface area contributed by atoms with Gasteiger partial charge in [0.25, 0.3) is 0 Å². The third kappa shape index (κ3) is 2.98. The highest BCUT2D eigenvalue weighted by Gasteiger charge is 2.38. The molecule has 2 aliphatic carbocycles. The Balaban J connectivity index is 1.97. The Morgan fingerprint density at radius 1 is 1.29 bits per heavy atom. The molecule has 2 saturated carbocycles. The van der Waals surface area contributed by atoms with Gasteiger partial charge in [-0.1, -0.05) is 12.8 Å². The number of amides is 1. The van der Waals surface area contributed by atoms with Crippen molar-refractivity contribution in [3.63, 3.8) is 0 Å². The zero-order valence-corrected chi connectivity index (χ0v) is 10.3. The molecule has 0 aromatic rings. The molecule has 0 aliphatic heterocycles. The Bertz CT molecular complexity index is 319. The van der Waals surface area contributed by atoms with E-state index in [0.29, 0.717) is 19.0 Å². The monoisotopic (exact) mass is 235 g/mol. The van der Waals surface area contributed by atoms with Gasteiger partial charge in [0.15, 0.2) is 0 Å². The first-order valence-electron chi connectivity index (χ1n) is 6.67. The van der Waals surface area contributed by atoms with Gasteiger partial charge in [0.2, 0.25) is 5.91 Å². The molecule has 0 bridgehead atoms. The first-order chi connectivity index (χ1) is 8.24. The molecule has 2 N–H and O–H groups in total. The molecule has 94 valence electrons. The molecule has 1 amide bonds. The van der Waals surface area contributed by atoms with E-state index in [1.54, 1.807) is 0 Å². The standard InChI is InChI=1S/C13H21N3O/c14-8-3-9-16(10-6-7-10)13(17)11-4-1-2-5-12(11)15/h10-12H,1-7,9,15H2. The molecule has 2 rings (SSSR count). The predicted octanol–water partition coefficient (Wildman–Crippen LogP) is 1.41. The fourth-order valence-corrected chi connectivity index (χ4v) is 2.71. The number of nitriles is 1.